The highest BCUT2D eigenvalue weighted by Gasteiger charge is 2.30. The minimum atomic E-state index is -0.297. The van der Waals surface area contributed by atoms with Crippen molar-refractivity contribution in [1.82, 2.24) is 4.90 Å². The van der Waals surface area contributed by atoms with Crippen molar-refractivity contribution in [2.75, 3.05) is 26.3 Å². The zero-order valence-corrected chi connectivity index (χ0v) is 22.7. The Bertz CT molecular complexity index is 1430. The van der Waals surface area contributed by atoms with Gasteiger partial charge in [-0.25, -0.2) is 0 Å². The number of Topliss-reactive ketones (excluding diaryl/α,β-unsaturated/α-hetero) is 1. The average molecular weight is 564 g/mol. The second-order valence-electron chi connectivity index (χ2n) is 8.79. The molecule has 0 atom stereocenters. The third-order valence-corrected chi connectivity index (χ3v) is 7.88. The number of nitrogens with zero attached hydrogens (tertiary/aromatic N) is 2. The van der Waals surface area contributed by atoms with Crippen molar-refractivity contribution in [2.45, 2.75) is 6.42 Å². The molecule has 2 aliphatic heterocycles. The molecule has 3 aromatic rings. The van der Waals surface area contributed by atoms with Crippen molar-refractivity contribution in [2.24, 2.45) is 4.99 Å². The number of hydrogen-bond donors (Lipinski definition) is 0. The van der Waals surface area contributed by atoms with E-state index in [9.17, 15) is 9.59 Å². The van der Waals surface area contributed by atoms with Crippen LogP contribution < -0.4 is 0 Å². The molecule has 192 valence electrons. The lowest BCUT2D eigenvalue weighted by Crippen LogP contribution is -2.38. The predicted octanol–water partition coefficient (Wildman–Crippen LogP) is 7.02. The lowest BCUT2D eigenvalue weighted by atomic mass is 9.93. The van der Waals surface area contributed by atoms with Crippen molar-refractivity contribution < 1.29 is 14.3 Å². The van der Waals surface area contributed by atoms with Gasteiger partial charge in [0.05, 0.1) is 18.1 Å². The Hall–Kier alpha value is -3.16. The molecule has 1 saturated heterocycles. The fraction of sp³-hybridized carbons (Fsp3) is 0.167. The maximum atomic E-state index is 13.3. The molecule has 1 fully saturated rings. The summed E-state index contributed by atoms with van der Waals surface area (Å²) >= 11 is 13.6. The van der Waals surface area contributed by atoms with Gasteiger partial charge in [-0.05, 0) is 70.9 Å². The number of allylic oxidation sites excluding steroid dienone is 3. The topological polar surface area (TPSA) is 59.0 Å². The standard InChI is InChI=1S/C30H24Cl2N2O3S/c31-24-10-6-21(7-11-24)26(28-29(36)33-30(38-28)34-14-16-37-17-15-34)18-23(20-4-2-1-3-5-20)19-27(35)22-8-12-25(32)13-9-22/h1-13,18H,14-17,19H2/b23-18-,28-26-. The number of carbonyl (C=O) groups is 2. The highest BCUT2D eigenvalue weighted by Crippen LogP contribution is 2.38. The van der Waals surface area contributed by atoms with Gasteiger partial charge in [0, 0.05) is 40.7 Å². The third-order valence-electron chi connectivity index (χ3n) is 6.25. The van der Waals surface area contributed by atoms with E-state index in [1.807, 2.05) is 48.5 Å². The first kappa shape index (κ1) is 26.4. The second kappa shape index (κ2) is 12.1. The number of thioether (sulfide) groups is 1. The number of amidine groups is 1. The molecule has 0 radical (unpaired) electrons. The van der Waals surface area contributed by atoms with E-state index in [1.54, 1.807) is 36.4 Å². The molecule has 2 aliphatic rings. The molecule has 0 saturated carbocycles. The molecule has 1 amide bonds. The van der Waals surface area contributed by atoms with Crippen LogP contribution in [0.5, 0.6) is 0 Å². The Morgan fingerprint density at radius 3 is 2.11 bits per heavy atom. The first-order chi connectivity index (χ1) is 18.5. The summed E-state index contributed by atoms with van der Waals surface area (Å²) in [6, 6.07) is 23.9. The molecule has 8 heteroatoms. The number of ketones is 1. The van der Waals surface area contributed by atoms with Gasteiger partial charge >= 0.3 is 0 Å². The van der Waals surface area contributed by atoms with Crippen LogP contribution in [0.1, 0.15) is 27.9 Å². The minimum absolute atomic E-state index is 0.0483. The lowest BCUT2D eigenvalue weighted by molar-refractivity contribution is -0.113. The van der Waals surface area contributed by atoms with Crippen LogP contribution in [0.3, 0.4) is 0 Å². The quantitative estimate of drug-likeness (QED) is 0.238. The molecule has 0 aromatic heterocycles. The van der Waals surface area contributed by atoms with E-state index < -0.39 is 0 Å². The summed E-state index contributed by atoms with van der Waals surface area (Å²) in [7, 11) is 0. The van der Waals surface area contributed by atoms with Gasteiger partial charge in [-0.15, -0.1) is 0 Å². The molecule has 38 heavy (non-hydrogen) atoms. The maximum absolute atomic E-state index is 13.3. The van der Waals surface area contributed by atoms with Crippen molar-refractivity contribution in [1.29, 1.82) is 0 Å². The van der Waals surface area contributed by atoms with Crippen molar-refractivity contribution in [3.05, 3.63) is 117 Å². The van der Waals surface area contributed by atoms with Gasteiger partial charge in [0.15, 0.2) is 11.0 Å². The zero-order valence-electron chi connectivity index (χ0n) is 20.4. The van der Waals surface area contributed by atoms with E-state index in [-0.39, 0.29) is 18.1 Å². The molecular formula is C30H24Cl2N2O3S. The summed E-state index contributed by atoms with van der Waals surface area (Å²) in [5.41, 5.74) is 3.77. The summed E-state index contributed by atoms with van der Waals surface area (Å²) in [5.74, 6) is -0.345. The van der Waals surface area contributed by atoms with Crippen LogP contribution in [0.25, 0.3) is 11.1 Å². The summed E-state index contributed by atoms with van der Waals surface area (Å²) in [4.78, 5) is 33.5. The largest absolute Gasteiger partial charge is 0.378 e. The zero-order chi connectivity index (χ0) is 26.5. The molecule has 5 rings (SSSR count). The van der Waals surface area contributed by atoms with Gasteiger partial charge in [0.25, 0.3) is 5.91 Å². The number of halogens is 2. The fourth-order valence-electron chi connectivity index (χ4n) is 4.24. The molecule has 5 nitrogen and oxygen atoms in total. The Labute approximate surface area is 235 Å². The van der Waals surface area contributed by atoms with Crippen LogP contribution in [-0.4, -0.2) is 48.1 Å². The maximum Gasteiger partial charge on any atom is 0.286 e. The molecule has 0 aliphatic carbocycles. The van der Waals surface area contributed by atoms with Gasteiger partial charge in [-0.1, -0.05) is 65.7 Å². The Kier molecular flexibility index (Phi) is 8.45. The van der Waals surface area contributed by atoms with Crippen molar-refractivity contribution in [3.8, 4) is 0 Å². The summed E-state index contributed by atoms with van der Waals surface area (Å²) in [5, 5.41) is 1.84. The highest BCUT2D eigenvalue weighted by molar-refractivity contribution is 8.18. The smallest absolute Gasteiger partial charge is 0.286 e. The molecule has 3 aromatic carbocycles. The van der Waals surface area contributed by atoms with Crippen LogP contribution in [0, 0.1) is 0 Å². The number of amides is 1. The van der Waals surface area contributed by atoms with Gasteiger partial charge < -0.3 is 9.64 Å². The summed E-state index contributed by atoms with van der Waals surface area (Å²) in [6.45, 7) is 2.57. The Balaban J connectivity index is 1.58. The summed E-state index contributed by atoms with van der Waals surface area (Å²) in [6.07, 6.45) is 2.08. The average Bonchev–Trinajstić information content (AvgIpc) is 3.34. The lowest BCUT2D eigenvalue weighted by Gasteiger charge is -2.27. The Morgan fingerprint density at radius 2 is 1.47 bits per heavy atom. The number of morpholine rings is 1. The van der Waals surface area contributed by atoms with E-state index in [2.05, 4.69) is 9.89 Å². The molecule has 0 bridgehead atoms. The second-order valence-corrected chi connectivity index (χ2v) is 10.6. The van der Waals surface area contributed by atoms with E-state index >= 15 is 0 Å². The normalized spacial score (nSPS) is 17.4. The molecule has 0 N–H and O–H groups in total. The van der Waals surface area contributed by atoms with Crippen LogP contribution in [0.4, 0.5) is 0 Å². The Morgan fingerprint density at radius 1 is 0.868 bits per heavy atom. The fourth-order valence-corrected chi connectivity index (χ4v) is 5.53. The third kappa shape index (κ3) is 6.27. The first-order valence-corrected chi connectivity index (χ1v) is 13.7. The van der Waals surface area contributed by atoms with Crippen LogP contribution in [-0.2, 0) is 9.53 Å². The van der Waals surface area contributed by atoms with Gasteiger partial charge in [-0.3, -0.25) is 9.59 Å². The highest BCUT2D eigenvalue weighted by atomic mass is 35.5. The van der Waals surface area contributed by atoms with E-state index in [4.69, 9.17) is 27.9 Å². The van der Waals surface area contributed by atoms with E-state index in [0.717, 1.165) is 16.7 Å². The van der Waals surface area contributed by atoms with Gasteiger partial charge in [0.2, 0.25) is 0 Å². The van der Waals surface area contributed by atoms with Crippen LogP contribution in [0.2, 0.25) is 10.0 Å². The summed E-state index contributed by atoms with van der Waals surface area (Å²) < 4.78 is 5.46. The first-order valence-electron chi connectivity index (χ1n) is 12.2. The monoisotopic (exact) mass is 562 g/mol. The number of hydrogen-bond acceptors (Lipinski definition) is 5. The van der Waals surface area contributed by atoms with Crippen molar-refractivity contribution >= 4 is 63.0 Å². The number of rotatable bonds is 6. The number of ether oxygens (including phenoxy) is 1. The van der Waals surface area contributed by atoms with Gasteiger partial charge in [0.1, 0.15) is 0 Å². The number of aliphatic imine (C=N–C) groups is 1. The van der Waals surface area contributed by atoms with Crippen LogP contribution >= 0.6 is 35.0 Å². The molecular weight excluding hydrogens is 539 g/mol. The van der Waals surface area contributed by atoms with Crippen molar-refractivity contribution in [3.63, 3.8) is 0 Å². The number of benzene rings is 3. The van der Waals surface area contributed by atoms with E-state index in [1.165, 1.54) is 11.8 Å². The molecule has 0 spiro atoms. The molecule has 0 unspecified atom stereocenters. The predicted molar refractivity (Wildman–Crippen MR) is 156 cm³/mol. The van der Waals surface area contributed by atoms with Gasteiger partial charge in [-0.2, -0.15) is 4.99 Å². The number of carbonyl (C=O) groups excluding carboxylic acids is 2. The SMILES string of the molecule is O=C1N=C(N2CCOCC2)S/C1=C(/C=C(/CC(=O)c1ccc(Cl)cc1)c1ccccc1)c1ccc(Cl)cc1. The molecule has 2 heterocycles. The van der Waals surface area contributed by atoms with E-state index in [0.29, 0.717) is 57.6 Å². The van der Waals surface area contributed by atoms with Crippen LogP contribution in [0.15, 0.2) is 94.8 Å². The minimum Gasteiger partial charge on any atom is -0.378 e.